The van der Waals surface area contributed by atoms with Gasteiger partial charge >= 0.3 is 6.03 Å². The molecule has 11 heteroatoms. The second-order valence-electron chi connectivity index (χ2n) is 9.12. The zero-order chi connectivity index (χ0) is 27.0. The van der Waals surface area contributed by atoms with Crippen LogP contribution in [0, 0.1) is 0 Å². The molecule has 1 aliphatic rings. The van der Waals surface area contributed by atoms with Crippen LogP contribution >= 0.6 is 0 Å². The number of alkyl halides is 2. The van der Waals surface area contributed by atoms with E-state index in [-0.39, 0.29) is 11.7 Å². The molecule has 0 spiro atoms. The van der Waals surface area contributed by atoms with E-state index in [1.165, 1.54) is 4.90 Å². The summed E-state index contributed by atoms with van der Waals surface area (Å²) in [4.78, 5) is 32.0. The number of benzene rings is 2. The third-order valence-electron chi connectivity index (χ3n) is 6.22. The third-order valence-corrected chi connectivity index (χ3v) is 6.22. The largest absolute Gasteiger partial charge is 0.378 e. The Morgan fingerprint density at radius 1 is 1.03 bits per heavy atom. The summed E-state index contributed by atoms with van der Waals surface area (Å²) in [5.74, 6) is -3.51. The van der Waals surface area contributed by atoms with Gasteiger partial charge in [-0.3, -0.25) is 4.79 Å². The van der Waals surface area contributed by atoms with Gasteiger partial charge in [-0.2, -0.15) is 4.98 Å². The second kappa shape index (κ2) is 12.6. The predicted octanol–water partition coefficient (Wildman–Crippen LogP) is 3.98. The van der Waals surface area contributed by atoms with Crippen LogP contribution in [0.4, 0.5) is 13.6 Å². The summed E-state index contributed by atoms with van der Waals surface area (Å²) in [5, 5.41) is 9.23. The highest BCUT2D eigenvalue weighted by atomic mass is 19.3. The number of halogens is 2. The van der Waals surface area contributed by atoms with Gasteiger partial charge in [-0.25, -0.2) is 13.6 Å². The highest BCUT2D eigenvalue weighted by Gasteiger charge is 2.38. The van der Waals surface area contributed by atoms with Crippen molar-refractivity contribution in [2.45, 2.75) is 44.2 Å². The Balaban J connectivity index is 1.49. The summed E-state index contributed by atoms with van der Waals surface area (Å²) in [5.41, 5.74) is 1.14. The van der Waals surface area contributed by atoms with Gasteiger partial charge in [0, 0.05) is 31.5 Å². The Hall–Kier alpha value is -3.86. The van der Waals surface area contributed by atoms with Gasteiger partial charge in [0.05, 0.1) is 19.3 Å². The number of morpholine rings is 1. The van der Waals surface area contributed by atoms with Crippen LogP contribution in [-0.4, -0.2) is 65.2 Å². The fourth-order valence-electron chi connectivity index (χ4n) is 4.18. The first kappa shape index (κ1) is 27.2. The van der Waals surface area contributed by atoms with Crippen LogP contribution < -0.4 is 10.6 Å². The van der Waals surface area contributed by atoms with E-state index in [0.717, 1.165) is 0 Å². The summed E-state index contributed by atoms with van der Waals surface area (Å²) in [7, 11) is 0. The number of rotatable bonds is 10. The van der Waals surface area contributed by atoms with Gasteiger partial charge in [-0.1, -0.05) is 60.6 Å². The minimum Gasteiger partial charge on any atom is -0.378 e. The Kier molecular flexibility index (Phi) is 9.01. The van der Waals surface area contributed by atoms with E-state index in [4.69, 9.17) is 9.26 Å². The molecule has 4 rings (SSSR count). The lowest BCUT2D eigenvalue weighted by atomic mass is 10.00. The number of hydrogen-bond donors (Lipinski definition) is 2. The number of carbonyl (C=O) groups excluding carboxylic acids is 2. The zero-order valence-electron chi connectivity index (χ0n) is 21.1. The molecule has 3 aromatic rings. The number of amides is 3. The average Bonchev–Trinajstić information content (AvgIpc) is 3.42. The Morgan fingerprint density at radius 2 is 1.68 bits per heavy atom. The highest BCUT2D eigenvalue weighted by Crippen LogP contribution is 2.27. The van der Waals surface area contributed by atoms with Crippen molar-refractivity contribution in [2.24, 2.45) is 0 Å². The van der Waals surface area contributed by atoms with E-state index in [1.807, 2.05) is 30.3 Å². The molecule has 0 saturated carbocycles. The molecule has 1 fully saturated rings. The molecule has 2 atom stereocenters. The SMILES string of the molecule is CC[C@H](NC(=O)[C@H](CC(F)(F)Cc1ccccc1)NC(=O)N1CCOCC1)c1noc(-c2ccccc2)n1. The number of aromatic nitrogens is 2. The molecule has 9 nitrogen and oxygen atoms in total. The standard InChI is InChI=1S/C27H31F2N5O4/c1-2-21(23-32-25(38-33-23)20-11-7-4-8-12-20)30-24(35)22(31-26(36)34-13-15-37-16-14-34)18-27(28,29)17-19-9-5-3-6-10-19/h3-12,21-22H,2,13-18H2,1H3,(H,30,35)(H,31,36)/t21-,22-/m0/s1. The molecule has 1 aromatic heterocycles. The maximum atomic E-state index is 15.1. The first-order valence-corrected chi connectivity index (χ1v) is 12.6. The molecule has 2 aromatic carbocycles. The lowest BCUT2D eigenvalue weighted by molar-refractivity contribution is -0.126. The summed E-state index contributed by atoms with van der Waals surface area (Å²) in [6, 6.07) is 14.6. The van der Waals surface area contributed by atoms with Crippen molar-refractivity contribution >= 4 is 11.9 Å². The molecule has 3 amide bonds. The van der Waals surface area contributed by atoms with Crippen LogP contribution in [0.15, 0.2) is 65.2 Å². The van der Waals surface area contributed by atoms with Crippen molar-refractivity contribution in [3.63, 3.8) is 0 Å². The van der Waals surface area contributed by atoms with Gasteiger partial charge in [0.1, 0.15) is 6.04 Å². The molecular formula is C27H31F2N5O4. The van der Waals surface area contributed by atoms with Crippen molar-refractivity contribution < 1.29 is 27.6 Å². The molecule has 202 valence electrons. The normalized spacial score (nSPS) is 15.5. The van der Waals surface area contributed by atoms with E-state index >= 15 is 8.78 Å². The van der Waals surface area contributed by atoms with Crippen LogP contribution in [0.2, 0.25) is 0 Å². The Labute approximate surface area is 219 Å². The van der Waals surface area contributed by atoms with Crippen molar-refractivity contribution in [1.82, 2.24) is 25.7 Å². The summed E-state index contributed by atoms with van der Waals surface area (Å²) >= 11 is 0. The summed E-state index contributed by atoms with van der Waals surface area (Å²) in [6.07, 6.45) is -1.06. The van der Waals surface area contributed by atoms with E-state index < -0.39 is 42.8 Å². The van der Waals surface area contributed by atoms with Crippen LogP contribution in [0.25, 0.3) is 11.5 Å². The van der Waals surface area contributed by atoms with Gasteiger partial charge in [0.25, 0.3) is 11.8 Å². The molecule has 0 radical (unpaired) electrons. The van der Waals surface area contributed by atoms with Crippen LogP contribution in [-0.2, 0) is 16.0 Å². The number of urea groups is 1. The Bertz CT molecular complexity index is 1190. The van der Waals surface area contributed by atoms with Crippen molar-refractivity contribution in [3.8, 4) is 11.5 Å². The topological polar surface area (TPSA) is 110 Å². The molecule has 1 aliphatic heterocycles. The molecule has 38 heavy (non-hydrogen) atoms. The minimum atomic E-state index is -3.25. The molecule has 0 unspecified atom stereocenters. The van der Waals surface area contributed by atoms with Crippen LogP contribution in [0.5, 0.6) is 0 Å². The number of nitrogens with zero attached hydrogens (tertiary/aromatic N) is 3. The predicted molar refractivity (Wildman–Crippen MR) is 135 cm³/mol. The smallest absolute Gasteiger partial charge is 0.318 e. The number of nitrogens with one attached hydrogen (secondary N) is 2. The molecule has 1 saturated heterocycles. The fourth-order valence-corrected chi connectivity index (χ4v) is 4.18. The molecular weight excluding hydrogens is 496 g/mol. The number of ether oxygens (including phenoxy) is 1. The van der Waals surface area contributed by atoms with Crippen molar-refractivity contribution in [2.75, 3.05) is 26.3 Å². The first-order chi connectivity index (χ1) is 18.3. The van der Waals surface area contributed by atoms with Gasteiger partial charge in [-0.15, -0.1) is 0 Å². The Morgan fingerprint density at radius 3 is 2.34 bits per heavy atom. The molecule has 0 aliphatic carbocycles. The van der Waals surface area contributed by atoms with E-state index in [2.05, 4.69) is 20.8 Å². The van der Waals surface area contributed by atoms with Crippen LogP contribution in [0.1, 0.15) is 37.2 Å². The lowest BCUT2D eigenvalue weighted by Gasteiger charge is -2.30. The maximum absolute atomic E-state index is 15.1. The monoisotopic (exact) mass is 527 g/mol. The van der Waals surface area contributed by atoms with Crippen molar-refractivity contribution in [1.29, 1.82) is 0 Å². The van der Waals surface area contributed by atoms with Gasteiger partial charge in [0.15, 0.2) is 5.82 Å². The quantitative estimate of drug-likeness (QED) is 0.413. The summed E-state index contributed by atoms with van der Waals surface area (Å²) in [6.45, 7) is 3.10. The molecule has 0 bridgehead atoms. The third kappa shape index (κ3) is 7.34. The van der Waals surface area contributed by atoms with Gasteiger partial charge in [0.2, 0.25) is 5.91 Å². The van der Waals surface area contributed by atoms with E-state index in [9.17, 15) is 9.59 Å². The highest BCUT2D eigenvalue weighted by molar-refractivity contribution is 5.87. The average molecular weight is 528 g/mol. The maximum Gasteiger partial charge on any atom is 0.318 e. The summed E-state index contributed by atoms with van der Waals surface area (Å²) < 4.78 is 40.9. The number of hydrogen-bond acceptors (Lipinski definition) is 6. The van der Waals surface area contributed by atoms with E-state index in [0.29, 0.717) is 43.9 Å². The zero-order valence-corrected chi connectivity index (χ0v) is 21.1. The second-order valence-corrected chi connectivity index (χ2v) is 9.12. The lowest BCUT2D eigenvalue weighted by Crippen LogP contribution is -2.55. The van der Waals surface area contributed by atoms with Crippen molar-refractivity contribution in [3.05, 3.63) is 72.1 Å². The van der Waals surface area contributed by atoms with Crippen LogP contribution in [0.3, 0.4) is 0 Å². The molecule has 2 N–H and O–H groups in total. The van der Waals surface area contributed by atoms with E-state index in [1.54, 1.807) is 37.3 Å². The van der Waals surface area contributed by atoms with Gasteiger partial charge in [-0.05, 0) is 24.1 Å². The first-order valence-electron chi connectivity index (χ1n) is 12.6. The number of carbonyl (C=O) groups is 2. The fraction of sp³-hybridized carbons (Fsp3) is 0.407. The molecule has 2 heterocycles. The minimum absolute atomic E-state index is 0.217. The van der Waals surface area contributed by atoms with Gasteiger partial charge < -0.3 is 24.8 Å².